The Kier molecular flexibility index (Phi) is 5.03. The van der Waals surface area contributed by atoms with Crippen LogP contribution in [0.25, 0.3) is 22.2 Å². The summed E-state index contributed by atoms with van der Waals surface area (Å²) in [5, 5.41) is 16.9. The number of carbonyl (C=O) groups excluding carboxylic acids is 1. The highest BCUT2D eigenvalue weighted by Gasteiger charge is 2.22. The number of fused-ring (bicyclic) bond motifs is 1. The number of carboxylic acid groups (broad SMARTS) is 1. The van der Waals surface area contributed by atoms with Gasteiger partial charge < -0.3 is 14.9 Å². The van der Waals surface area contributed by atoms with Crippen LogP contribution in [-0.4, -0.2) is 27.6 Å². The fourth-order valence-electron chi connectivity index (χ4n) is 3.35. The number of carbonyl (C=O) groups is 2. The van der Waals surface area contributed by atoms with Gasteiger partial charge in [0.1, 0.15) is 12.0 Å². The zero-order valence-corrected chi connectivity index (χ0v) is 15.3. The molecule has 7 heteroatoms. The third-order valence-electron chi connectivity index (χ3n) is 4.66. The summed E-state index contributed by atoms with van der Waals surface area (Å²) in [6, 6.07) is 17.5. The number of nitrogens with one attached hydrogen (secondary N) is 1. The summed E-state index contributed by atoms with van der Waals surface area (Å²) in [7, 11) is 0. The summed E-state index contributed by atoms with van der Waals surface area (Å²) in [4.78, 5) is 26.8. The van der Waals surface area contributed by atoms with Crippen LogP contribution in [0.2, 0.25) is 0 Å². The van der Waals surface area contributed by atoms with Crippen molar-refractivity contribution in [3.8, 4) is 11.3 Å². The second-order valence-electron chi connectivity index (χ2n) is 6.52. The van der Waals surface area contributed by atoms with Crippen molar-refractivity contribution >= 4 is 23.3 Å². The van der Waals surface area contributed by atoms with Gasteiger partial charge in [0, 0.05) is 34.8 Å². The van der Waals surface area contributed by atoms with Crippen LogP contribution in [0.5, 0.6) is 0 Å². The van der Waals surface area contributed by atoms with Crippen LogP contribution in [-0.2, 0) is 6.42 Å². The molecule has 144 valence electrons. The molecule has 0 bridgehead atoms. The van der Waals surface area contributed by atoms with E-state index in [1.807, 2.05) is 42.5 Å². The SMILES string of the molecule is O=Cc1ccc2c(-c3ccccc3C(Cc3ccccn3)NC(=O)O)noc2c1. The van der Waals surface area contributed by atoms with E-state index in [-0.39, 0.29) is 0 Å². The highest BCUT2D eigenvalue weighted by atomic mass is 16.5. The number of nitrogens with zero attached hydrogens (tertiary/aromatic N) is 2. The van der Waals surface area contributed by atoms with Gasteiger partial charge >= 0.3 is 6.09 Å². The molecule has 2 aromatic heterocycles. The lowest BCUT2D eigenvalue weighted by atomic mass is 9.93. The van der Waals surface area contributed by atoms with E-state index in [0.717, 1.165) is 28.5 Å². The zero-order chi connectivity index (χ0) is 20.2. The van der Waals surface area contributed by atoms with Crippen LogP contribution in [0.4, 0.5) is 4.79 Å². The average Bonchev–Trinajstić information content (AvgIpc) is 3.16. The van der Waals surface area contributed by atoms with E-state index in [1.54, 1.807) is 24.4 Å². The summed E-state index contributed by atoms with van der Waals surface area (Å²) in [6.07, 6.45) is 1.68. The number of rotatable bonds is 6. The first-order valence-electron chi connectivity index (χ1n) is 8.99. The molecule has 1 amide bonds. The molecule has 2 heterocycles. The second kappa shape index (κ2) is 7.93. The van der Waals surface area contributed by atoms with Crippen molar-refractivity contribution in [1.29, 1.82) is 0 Å². The van der Waals surface area contributed by atoms with E-state index in [2.05, 4.69) is 15.5 Å². The van der Waals surface area contributed by atoms with Crippen molar-refractivity contribution in [3.63, 3.8) is 0 Å². The maximum absolute atomic E-state index is 11.5. The quantitative estimate of drug-likeness (QED) is 0.479. The molecule has 0 aliphatic rings. The van der Waals surface area contributed by atoms with Gasteiger partial charge in [0.15, 0.2) is 5.58 Å². The van der Waals surface area contributed by atoms with E-state index in [0.29, 0.717) is 23.3 Å². The highest BCUT2D eigenvalue weighted by Crippen LogP contribution is 2.34. The van der Waals surface area contributed by atoms with Gasteiger partial charge in [-0.2, -0.15) is 0 Å². The first-order chi connectivity index (χ1) is 14.2. The molecule has 0 saturated heterocycles. The van der Waals surface area contributed by atoms with Gasteiger partial charge in [0.05, 0.1) is 6.04 Å². The largest absolute Gasteiger partial charge is 0.465 e. The Morgan fingerprint density at radius 1 is 1.14 bits per heavy atom. The minimum absolute atomic E-state index is 0.384. The summed E-state index contributed by atoms with van der Waals surface area (Å²) in [5.74, 6) is 0. The van der Waals surface area contributed by atoms with Crippen LogP contribution in [0, 0.1) is 0 Å². The molecule has 1 unspecified atom stereocenters. The minimum Gasteiger partial charge on any atom is -0.465 e. The van der Waals surface area contributed by atoms with Gasteiger partial charge in [-0.05, 0) is 29.8 Å². The van der Waals surface area contributed by atoms with Crippen LogP contribution in [0.3, 0.4) is 0 Å². The number of pyridine rings is 1. The molecule has 0 aliphatic carbocycles. The Labute approximate surface area is 166 Å². The van der Waals surface area contributed by atoms with Crippen molar-refractivity contribution in [3.05, 3.63) is 83.7 Å². The number of hydrogen-bond acceptors (Lipinski definition) is 5. The molecular weight excluding hydrogens is 370 g/mol. The van der Waals surface area contributed by atoms with Crippen molar-refractivity contribution in [2.24, 2.45) is 0 Å². The van der Waals surface area contributed by atoms with Gasteiger partial charge in [-0.25, -0.2) is 4.79 Å². The number of hydrogen-bond donors (Lipinski definition) is 2. The lowest BCUT2D eigenvalue weighted by molar-refractivity contribution is 0.112. The Bertz CT molecular complexity index is 1170. The van der Waals surface area contributed by atoms with E-state index >= 15 is 0 Å². The number of amides is 1. The molecule has 0 radical (unpaired) electrons. The monoisotopic (exact) mass is 387 g/mol. The van der Waals surface area contributed by atoms with E-state index in [9.17, 15) is 14.7 Å². The molecule has 0 aliphatic heterocycles. The summed E-state index contributed by atoms with van der Waals surface area (Å²) >= 11 is 0. The molecule has 1 atom stereocenters. The van der Waals surface area contributed by atoms with Crippen molar-refractivity contribution < 1.29 is 19.2 Å². The molecular formula is C22H17N3O4. The summed E-state index contributed by atoms with van der Waals surface area (Å²) in [6.45, 7) is 0. The van der Waals surface area contributed by atoms with Crippen LogP contribution < -0.4 is 5.32 Å². The summed E-state index contributed by atoms with van der Waals surface area (Å²) in [5.41, 5.74) is 3.85. The van der Waals surface area contributed by atoms with Crippen LogP contribution in [0.15, 0.2) is 71.4 Å². The van der Waals surface area contributed by atoms with Gasteiger partial charge in [0.2, 0.25) is 0 Å². The second-order valence-corrected chi connectivity index (χ2v) is 6.52. The topological polar surface area (TPSA) is 105 Å². The molecule has 0 saturated carbocycles. The number of aromatic nitrogens is 2. The fourth-order valence-corrected chi connectivity index (χ4v) is 3.35. The zero-order valence-electron chi connectivity index (χ0n) is 15.3. The number of benzene rings is 2. The molecule has 2 N–H and O–H groups in total. The molecule has 0 fully saturated rings. The minimum atomic E-state index is -1.12. The molecule has 4 rings (SSSR count). The van der Waals surface area contributed by atoms with E-state index in [4.69, 9.17) is 4.52 Å². The number of aldehydes is 1. The molecule has 7 nitrogen and oxygen atoms in total. The predicted octanol–water partition coefficient (Wildman–Crippen LogP) is 4.25. The average molecular weight is 387 g/mol. The van der Waals surface area contributed by atoms with Gasteiger partial charge in [-0.1, -0.05) is 41.6 Å². The van der Waals surface area contributed by atoms with Crippen molar-refractivity contribution in [2.75, 3.05) is 0 Å². The maximum atomic E-state index is 11.5. The maximum Gasteiger partial charge on any atom is 0.405 e. The third-order valence-corrected chi connectivity index (χ3v) is 4.66. The predicted molar refractivity (Wildman–Crippen MR) is 107 cm³/mol. The van der Waals surface area contributed by atoms with Crippen molar-refractivity contribution in [1.82, 2.24) is 15.5 Å². The Morgan fingerprint density at radius 3 is 2.72 bits per heavy atom. The molecule has 2 aromatic carbocycles. The molecule has 0 spiro atoms. The van der Waals surface area contributed by atoms with Crippen LogP contribution in [0.1, 0.15) is 27.7 Å². The lowest BCUT2D eigenvalue weighted by Crippen LogP contribution is -2.29. The van der Waals surface area contributed by atoms with Crippen molar-refractivity contribution in [2.45, 2.75) is 12.5 Å². The first kappa shape index (κ1) is 18.4. The van der Waals surface area contributed by atoms with E-state index < -0.39 is 12.1 Å². The highest BCUT2D eigenvalue weighted by molar-refractivity contribution is 5.95. The Balaban J connectivity index is 1.80. The van der Waals surface area contributed by atoms with Gasteiger partial charge in [0.25, 0.3) is 0 Å². The smallest absolute Gasteiger partial charge is 0.405 e. The lowest BCUT2D eigenvalue weighted by Gasteiger charge is -2.20. The molecule has 4 aromatic rings. The first-order valence-corrected chi connectivity index (χ1v) is 8.99. The molecule has 29 heavy (non-hydrogen) atoms. The van der Waals surface area contributed by atoms with Crippen LogP contribution >= 0.6 is 0 Å². The third kappa shape index (κ3) is 3.84. The van der Waals surface area contributed by atoms with E-state index in [1.165, 1.54) is 0 Å². The fraction of sp³-hybridized carbons (Fsp3) is 0.0909. The standard InChI is InChI=1S/C22H17N3O4/c26-13-14-8-9-18-20(11-14)29-25-21(18)17-7-2-1-6-16(17)19(24-22(27)28)12-15-5-3-4-10-23-15/h1-11,13,19,24H,12H2,(H,27,28). The Hall–Kier alpha value is -4.00. The van der Waals surface area contributed by atoms with Gasteiger partial charge in [-0.3, -0.25) is 9.78 Å². The Morgan fingerprint density at radius 2 is 1.97 bits per heavy atom. The van der Waals surface area contributed by atoms with Gasteiger partial charge in [-0.15, -0.1) is 0 Å². The normalized spacial score (nSPS) is 11.9. The summed E-state index contributed by atoms with van der Waals surface area (Å²) < 4.78 is 5.42.